The summed E-state index contributed by atoms with van der Waals surface area (Å²) in [5.74, 6) is -2.56. The molecule has 0 aliphatic heterocycles. The van der Waals surface area contributed by atoms with Crippen molar-refractivity contribution < 1.29 is 24.2 Å². The first-order valence-electron chi connectivity index (χ1n) is 11.8. The van der Waals surface area contributed by atoms with Crippen molar-refractivity contribution in [3.63, 3.8) is 0 Å². The van der Waals surface area contributed by atoms with Crippen LogP contribution in [0.3, 0.4) is 0 Å². The van der Waals surface area contributed by atoms with Crippen molar-refractivity contribution in [2.24, 2.45) is 23.7 Å². The van der Waals surface area contributed by atoms with E-state index in [1.807, 2.05) is 40.7 Å². The average Bonchev–Trinajstić information content (AvgIpc) is 2.67. The third-order valence-electron chi connectivity index (χ3n) is 7.10. The van der Waals surface area contributed by atoms with Crippen LogP contribution in [0.15, 0.2) is 23.8 Å². The first-order valence-corrected chi connectivity index (χ1v) is 14.8. The highest BCUT2D eigenvalue weighted by Gasteiger charge is 2.42. The molecule has 32 heavy (non-hydrogen) atoms. The molecule has 0 fully saturated rings. The Morgan fingerprint density at radius 3 is 2.00 bits per heavy atom. The molecule has 0 aromatic rings. The fraction of sp³-hybridized carbons (Fsp3) is 0.769. The average molecular weight is 469 g/mol. The van der Waals surface area contributed by atoms with Crippen LogP contribution in [0.5, 0.6) is 0 Å². The monoisotopic (exact) mass is 468 g/mol. The Morgan fingerprint density at radius 1 is 1.09 bits per heavy atom. The maximum Gasteiger partial charge on any atom is 0.308 e. The smallest absolute Gasteiger partial charge is 0.308 e. The third kappa shape index (κ3) is 8.60. The van der Waals surface area contributed by atoms with Crippen molar-refractivity contribution in [2.45, 2.75) is 105 Å². The topological polar surface area (TPSA) is 83.8 Å². The van der Waals surface area contributed by atoms with Gasteiger partial charge in [-0.15, -0.1) is 0 Å². The molecule has 0 heterocycles. The van der Waals surface area contributed by atoms with Crippen LogP contribution >= 0.6 is 0 Å². The van der Waals surface area contributed by atoms with Crippen molar-refractivity contribution in [3.8, 4) is 0 Å². The predicted octanol–water partition coefficient (Wildman–Crippen LogP) is 6.24. The van der Waals surface area contributed by atoms with Gasteiger partial charge >= 0.3 is 5.97 Å². The second-order valence-electron chi connectivity index (χ2n) is 11.1. The summed E-state index contributed by atoms with van der Waals surface area (Å²) in [4.78, 5) is 24.5. The van der Waals surface area contributed by atoms with E-state index in [0.717, 1.165) is 17.6 Å². The standard InChI is InChI=1S/C26H48O5Si/c1-13-17(3)24(31-32(11,12)26(8,9)10)20(6)22(27)18(4)14-16(2)15-19(5)23(28)21(7)25(29)30/h14,18-21,23-24,28H,3,13,15H2,1-2,4-12H3,(H,29,30)/b16-14+/t18-,19+,20-,21+,23+,24-/m1/s1. The molecule has 0 aromatic heterocycles. The summed E-state index contributed by atoms with van der Waals surface area (Å²) >= 11 is 0. The number of ketones is 1. The number of carbonyl (C=O) groups is 2. The van der Waals surface area contributed by atoms with Gasteiger partial charge in [-0.25, -0.2) is 0 Å². The lowest BCUT2D eigenvalue weighted by atomic mass is 9.85. The number of Topliss-reactive ketones (excluding diaryl/α,β-unsaturated/α-hetero) is 1. The van der Waals surface area contributed by atoms with Gasteiger partial charge in [-0.3, -0.25) is 9.59 Å². The van der Waals surface area contributed by atoms with Crippen LogP contribution < -0.4 is 0 Å². The number of carboxylic acid groups (broad SMARTS) is 1. The van der Waals surface area contributed by atoms with Gasteiger partial charge in [0.1, 0.15) is 5.78 Å². The maximum atomic E-state index is 13.3. The molecule has 2 N–H and O–H groups in total. The SMILES string of the molecule is C=C(CC)[C@@H](O[Si](C)(C)C(C)(C)C)[C@H](C)C(=O)[C@H](C)/C=C(\C)C[C@H](C)[C@H](O)[C@H](C)C(=O)O. The highest BCUT2D eigenvalue weighted by molar-refractivity contribution is 6.74. The van der Waals surface area contributed by atoms with Crippen LogP contribution in [-0.4, -0.2) is 42.5 Å². The van der Waals surface area contributed by atoms with E-state index in [0.29, 0.717) is 6.42 Å². The van der Waals surface area contributed by atoms with Gasteiger partial charge in [-0.05, 0) is 56.3 Å². The van der Waals surface area contributed by atoms with Crippen LogP contribution in [0.2, 0.25) is 18.1 Å². The van der Waals surface area contributed by atoms with Gasteiger partial charge in [0.25, 0.3) is 0 Å². The van der Waals surface area contributed by atoms with E-state index in [1.54, 1.807) is 0 Å². The molecule has 0 aliphatic carbocycles. The summed E-state index contributed by atoms with van der Waals surface area (Å²) in [5, 5.41) is 19.4. The van der Waals surface area contributed by atoms with Crippen LogP contribution in [0, 0.1) is 23.7 Å². The first-order chi connectivity index (χ1) is 14.4. The molecule has 0 aliphatic rings. The minimum atomic E-state index is -2.08. The van der Waals surface area contributed by atoms with Gasteiger partial charge in [-0.1, -0.05) is 66.7 Å². The quantitative estimate of drug-likeness (QED) is 0.247. The fourth-order valence-electron chi connectivity index (χ4n) is 3.64. The van der Waals surface area contributed by atoms with Gasteiger partial charge in [0, 0.05) is 11.8 Å². The summed E-state index contributed by atoms with van der Waals surface area (Å²) in [6.07, 6.45) is 2.00. The summed E-state index contributed by atoms with van der Waals surface area (Å²) < 4.78 is 6.65. The van der Waals surface area contributed by atoms with E-state index in [2.05, 4.69) is 40.4 Å². The normalized spacial score (nSPS) is 18.9. The van der Waals surface area contributed by atoms with Gasteiger partial charge in [0.05, 0.1) is 18.1 Å². The second kappa shape index (κ2) is 12.3. The third-order valence-corrected chi connectivity index (χ3v) is 11.6. The number of aliphatic hydroxyl groups excluding tert-OH is 1. The minimum absolute atomic E-state index is 0.0359. The lowest BCUT2D eigenvalue weighted by Crippen LogP contribution is -2.47. The van der Waals surface area contributed by atoms with Crippen molar-refractivity contribution in [1.29, 1.82) is 0 Å². The molecule has 0 saturated heterocycles. The van der Waals surface area contributed by atoms with Crippen LogP contribution in [-0.2, 0) is 14.0 Å². The molecule has 5 nitrogen and oxygen atoms in total. The Hall–Kier alpha value is -1.24. The van der Waals surface area contributed by atoms with Crippen molar-refractivity contribution in [2.75, 3.05) is 0 Å². The van der Waals surface area contributed by atoms with Gasteiger partial charge in [0.2, 0.25) is 0 Å². The largest absolute Gasteiger partial charge is 0.481 e. The van der Waals surface area contributed by atoms with Crippen molar-refractivity contribution in [3.05, 3.63) is 23.8 Å². The van der Waals surface area contributed by atoms with E-state index in [1.165, 1.54) is 6.92 Å². The Morgan fingerprint density at radius 2 is 1.59 bits per heavy atom. The lowest BCUT2D eigenvalue weighted by molar-refractivity contribution is -0.146. The van der Waals surface area contributed by atoms with E-state index >= 15 is 0 Å². The second-order valence-corrected chi connectivity index (χ2v) is 15.9. The van der Waals surface area contributed by atoms with E-state index < -0.39 is 26.3 Å². The number of aliphatic hydroxyl groups is 1. The molecular weight excluding hydrogens is 420 g/mol. The number of carboxylic acids is 1. The number of carbonyl (C=O) groups excluding carboxylic acids is 1. The van der Waals surface area contributed by atoms with Gasteiger partial charge in [0.15, 0.2) is 8.32 Å². The molecule has 0 radical (unpaired) electrons. The van der Waals surface area contributed by atoms with Crippen LogP contribution in [0.25, 0.3) is 0 Å². The maximum absolute atomic E-state index is 13.3. The Labute approximate surface area is 197 Å². The molecule has 6 heteroatoms. The molecule has 6 atom stereocenters. The summed E-state index contributed by atoms with van der Waals surface area (Å²) in [6.45, 7) is 26.3. The predicted molar refractivity (Wildman–Crippen MR) is 135 cm³/mol. The van der Waals surface area contributed by atoms with Gasteiger partial charge < -0.3 is 14.6 Å². The zero-order chi connectivity index (χ0) is 25.6. The Balaban J connectivity index is 5.48. The zero-order valence-electron chi connectivity index (χ0n) is 22.3. The number of allylic oxidation sites excluding steroid dienone is 2. The molecule has 0 amide bonds. The lowest BCUT2D eigenvalue weighted by Gasteiger charge is -2.41. The summed E-state index contributed by atoms with van der Waals surface area (Å²) in [7, 11) is -2.08. The van der Waals surface area contributed by atoms with Crippen molar-refractivity contribution in [1.82, 2.24) is 0 Å². The minimum Gasteiger partial charge on any atom is -0.481 e. The molecule has 186 valence electrons. The van der Waals surface area contributed by atoms with E-state index in [-0.39, 0.29) is 34.7 Å². The molecule has 0 spiro atoms. The molecule has 0 bridgehead atoms. The molecular formula is C26H48O5Si. The molecule has 0 aromatic carbocycles. The van der Waals surface area contributed by atoms with Crippen LogP contribution in [0.4, 0.5) is 0 Å². The number of rotatable bonds is 13. The molecule has 0 saturated carbocycles. The zero-order valence-corrected chi connectivity index (χ0v) is 23.3. The number of hydrogen-bond acceptors (Lipinski definition) is 4. The summed E-state index contributed by atoms with van der Waals surface area (Å²) in [6, 6.07) is 0. The summed E-state index contributed by atoms with van der Waals surface area (Å²) in [5.41, 5.74) is 1.92. The molecule has 0 rings (SSSR count). The van der Waals surface area contributed by atoms with Crippen molar-refractivity contribution >= 4 is 20.1 Å². The number of aliphatic carboxylic acids is 1. The molecule has 0 unspecified atom stereocenters. The Bertz CT molecular complexity index is 689. The van der Waals surface area contributed by atoms with E-state index in [9.17, 15) is 14.7 Å². The van der Waals surface area contributed by atoms with Crippen LogP contribution in [0.1, 0.15) is 75.2 Å². The first kappa shape index (κ1) is 30.8. The Kier molecular flexibility index (Phi) is 11.8. The fourth-order valence-corrected chi connectivity index (χ4v) is 5.00. The van der Waals surface area contributed by atoms with E-state index in [4.69, 9.17) is 9.53 Å². The highest BCUT2D eigenvalue weighted by Crippen LogP contribution is 2.39. The highest BCUT2D eigenvalue weighted by atomic mass is 28.4. The van der Waals surface area contributed by atoms with Gasteiger partial charge in [-0.2, -0.15) is 0 Å². The number of hydrogen-bond donors (Lipinski definition) is 2.